The topological polar surface area (TPSA) is 12.5 Å². The van der Waals surface area contributed by atoms with Crippen molar-refractivity contribution in [3.05, 3.63) is 58.1 Å². The Bertz CT molecular complexity index is 792. The summed E-state index contributed by atoms with van der Waals surface area (Å²) in [5.41, 5.74) is 2.82. The number of quaternary nitrogens is 1. The molecule has 2 saturated heterocycles. The predicted molar refractivity (Wildman–Crippen MR) is 109 cm³/mol. The number of benzene rings is 1. The fourth-order valence-corrected chi connectivity index (χ4v) is 5.70. The fraction of sp³-hybridized carbons (Fsp3) is 0.455. The molecule has 2 fully saturated rings. The summed E-state index contributed by atoms with van der Waals surface area (Å²) in [6.07, 6.45) is 6.06. The van der Waals surface area contributed by atoms with Gasteiger partial charge in [-0.05, 0) is 43.4 Å². The lowest BCUT2D eigenvalue weighted by Crippen LogP contribution is -2.54. The lowest BCUT2D eigenvalue weighted by atomic mass is 9.94. The first-order valence-corrected chi connectivity index (χ1v) is 10.8. The van der Waals surface area contributed by atoms with Gasteiger partial charge in [0, 0.05) is 35.4 Å². The number of hydrogen-bond acceptors (Lipinski definition) is 3. The van der Waals surface area contributed by atoms with E-state index in [2.05, 4.69) is 52.8 Å². The van der Waals surface area contributed by atoms with Gasteiger partial charge in [0.2, 0.25) is 0 Å². The molecular formula is C22H27N2OS+. The van der Waals surface area contributed by atoms with Crippen LogP contribution < -0.4 is 4.48 Å². The van der Waals surface area contributed by atoms with Gasteiger partial charge in [0.05, 0.1) is 25.8 Å². The number of thiophene rings is 1. The molecule has 1 unspecified atom stereocenters. The van der Waals surface area contributed by atoms with Gasteiger partial charge in [-0.3, -0.25) is 4.90 Å². The molecule has 26 heavy (non-hydrogen) atoms. The Morgan fingerprint density at radius 1 is 1.12 bits per heavy atom. The Kier molecular flexibility index (Phi) is 4.35. The van der Waals surface area contributed by atoms with E-state index >= 15 is 0 Å². The van der Waals surface area contributed by atoms with E-state index in [9.17, 15) is 0 Å². The van der Waals surface area contributed by atoms with E-state index in [4.69, 9.17) is 4.74 Å². The van der Waals surface area contributed by atoms with Crippen LogP contribution in [0, 0.1) is 5.92 Å². The molecule has 0 aliphatic carbocycles. The van der Waals surface area contributed by atoms with Crippen LogP contribution in [-0.2, 0) is 11.3 Å². The number of nitrogens with zero attached hydrogens (tertiary/aromatic N) is 2. The number of fused-ring (bicyclic) bond motifs is 3. The average Bonchev–Trinajstić information content (AvgIpc) is 3.29. The highest BCUT2D eigenvalue weighted by Crippen LogP contribution is 2.44. The summed E-state index contributed by atoms with van der Waals surface area (Å²) in [6, 6.07) is 13.3. The van der Waals surface area contributed by atoms with Crippen LogP contribution in [0.15, 0.2) is 47.7 Å². The third-order valence-electron chi connectivity index (χ3n) is 6.27. The first kappa shape index (κ1) is 16.5. The molecule has 0 amide bonds. The van der Waals surface area contributed by atoms with Crippen LogP contribution in [0.2, 0.25) is 0 Å². The lowest BCUT2D eigenvalue weighted by molar-refractivity contribution is 0.0547. The highest BCUT2D eigenvalue weighted by atomic mass is 32.1. The number of hydrogen-bond donors (Lipinski definition) is 0. The van der Waals surface area contributed by atoms with E-state index in [1.54, 1.807) is 0 Å². The summed E-state index contributed by atoms with van der Waals surface area (Å²) in [6.45, 7) is 6.85. The first-order valence-electron chi connectivity index (χ1n) is 9.90. The zero-order valence-corrected chi connectivity index (χ0v) is 16.1. The van der Waals surface area contributed by atoms with Gasteiger partial charge in [0.1, 0.15) is 5.69 Å². The van der Waals surface area contributed by atoms with Crippen molar-refractivity contribution in [3.8, 4) is 0 Å². The summed E-state index contributed by atoms with van der Waals surface area (Å²) in [5.74, 6) is 1.98. The molecule has 1 aromatic heterocycles. The van der Waals surface area contributed by atoms with E-state index in [1.165, 1.54) is 61.0 Å². The molecule has 3 nitrogen and oxygen atoms in total. The molecule has 0 saturated carbocycles. The van der Waals surface area contributed by atoms with Crippen molar-refractivity contribution in [3.63, 3.8) is 0 Å². The number of piperidine rings is 1. The van der Waals surface area contributed by atoms with Crippen molar-refractivity contribution in [2.75, 3.05) is 32.8 Å². The molecule has 0 N–H and O–H groups in total. The molecule has 0 radical (unpaired) electrons. The maximum atomic E-state index is 6.14. The van der Waals surface area contributed by atoms with Crippen LogP contribution in [0.4, 0.5) is 5.69 Å². The first-order chi connectivity index (χ1) is 12.8. The Labute approximate surface area is 160 Å². The monoisotopic (exact) mass is 367 g/mol. The summed E-state index contributed by atoms with van der Waals surface area (Å²) < 4.78 is 7.11. The largest absolute Gasteiger partial charge is 0.451 e. The summed E-state index contributed by atoms with van der Waals surface area (Å²) in [4.78, 5) is 4.12. The molecule has 1 aromatic carbocycles. The van der Waals surface area contributed by atoms with E-state index in [0.29, 0.717) is 0 Å². The zero-order chi connectivity index (χ0) is 17.4. The van der Waals surface area contributed by atoms with Gasteiger partial charge in [-0.1, -0.05) is 18.2 Å². The molecule has 2 aromatic rings. The Morgan fingerprint density at radius 2 is 2.00 bits per heavy atom. The standard InChI is InChI=1S/C22H27N2OS/c1-2-7-21-19(5-1)15-22-24(21,12-4-13-25-22)17-18-8-10-23(11-9-18)16-20-6-3-14-26-20/h1-3,5-7,14-15,18H,4,8-13,16-17H2/q+1. The third kappa shape index (κ3) is 2.90. The van der Waals surface area contributed by atoms with Crippen LogP contribution in [0.25, 0.3) is 6.08 Å². The van der Waals surface area contributed by atoms with Crippen molar-refractivity contribution in [2.45, 2.75) is 25.8 Å². The van der Waals surface area contributed by atoms with Gasteiger partial charge >= 0.3 is 0 Å². The molecule has 136 valence electrons. The van der Waals surface area contributed by atoms with Crippen LogP contribution in [0.3, 0.4) is 0 Å². The second-order valence-electron chi connectivity index (χ2n) is 7.92. The molecule has 4 heterocycles. The second kappa shape index (κ2) is 6.84. The number of likely N-dealkylation sites (tertiary alicyclic amines) is 1. The van der Waals surface area contributed by atoms with Gasteiger partial charge in [-0.25, -0.2) is 4.48 Å². The van der Waals surface area contributed by atoms with Crippen LogP contribution in [0.5, 0.6) is 0 Å². The van der Waals surface area contributed by atoms with E-state index in [0.717, 1.165) is 30.0 Å². The van der Waals surface area contributed by atoms with Gasteiger partial charge in [0.15, 0.2) is 0 Å². The molecule has 3 aliphatic rings. The summed E-state index contributed by atoms with van der Waals surface area (Å²) in [5, 5.41) is 2.19. The maximum Gasteiger partial charge on any atom is 0.297 e. The quantitative estimate of drug-likeness (QED) is 0.726. The number of rotatable bonds is 4. The van der Waals surface area contributed by atoms with Gasteiger partial charge < -0.3 is 4.74 Å². The Balaban J connectivity index is 1.29. The molecule has 1 atom stereocenters. The Morgan fingerprint density at radius 3 is 2.85 bits per heavy atom. The molecule has 0 bridgehead atoms. The SMILES string of the molecule is C1=C2OCCC[N+]2(CC2CCN(Cc3cccs3)CC2)c2ccccc21. The lowest BCUT2D eigenvalue weighted by Gasteiger charge is -2.42. The van der Waals surface area contributed by atoms with Gasteiger partial charge in [0.25, 0.3) is 5.88 Å². The van der Waals surface area contributed by atoms with Gasteiger partial charge in [-0.2, -0.15) is 0 Å². The minimum atomic E-state index is 0.783. The van der Waals surface area contributed by atoms with Crippen molar-refractivity contribution < 1.29 is 4.74 Å². The minimum absolute atomic E-state index is 0.783. The second-order valence-corrected chi connectivity index (χ2v) is 8.95. The fourth-order valence-electron chi connectivity index (χ4n) is 4.95. The molecule has 5 rings (SSSR count). The summed E-state index contributed by atoms with van der Waals surface area (Å²) >= 11 is 1.88. The van der Waals surface area contributed by atoms with E-state index < -0.39 is 0 Å². The van der Waals surface area contributed by atoms with Crippen molar-refractivity contribution >= 4 is 23.1 Å². The van der Waals surface area contributed by atoms with Crippen LogP contribution in [0.1, 0.15) is 29.7 Å². The minimum Gasteiger partial charge on any atom is -0.451 e. The van der Waals surface area contributed by atoms with Crippen LogP contribution >= 0.6 is 11.3 Å². The average molecular weight is 368 g/mol. The normalized spacial score (nSPS) is 26.1. The molecule has 3 aliphatic heterocycles. The van der Waals surface area contributed by atoms with E-state index in [-0.39, 0.29) is 0 Å². The van der Waals surface area contributed by atoms with Crippen molar-refractivity contribution in [2.24, 2.45) is 5.92 Å². The van der Waals surface area contributed by atoms with E-state index in [1.807, 2.05) is 11.3 Å². The van der Waals surface area contributed by atoms with Gasteiger partial charge in [-0.15, -0.1) is 11.3 Å². The van der Waals surface area contributed by atoms with Crippen molar-refractivity contribution in [1.82, 2.24) is 9.38 Å². The Hall–Kier alpha value is -1.62. The van der Waals surface area contributed by atoms with Crippen LogP contribution in [-0.4, -0.2) is 37.7 Å². The highest BCUT2D eigenvalue weighted by Gasteiger charge is 2.46. The summed E-state index contributed by atoms with van der Waals surface area (Å²) in [7, 11) is 0. The smallest absolute Gasteiger partial charge is 0.297 e. The maximum absolute atomic E-state index is 6.14. The predicted octanol–water partition coefficient (Wildman–Crippen LogP) is 4.70. The molecule has 4 heteroatoms. The molecular weight excluding hydrogens is 340 g/mol. The zero-order valence-electron chi connectivity index (χ0n) is 15.3. The third-order valence-corrected chi connectivity index (χ3v) is 7.13. The highest BCUT2D eigenvalue weighted by molar-refractivity contribution is 7.09. The number of ether oxygens (including phenoxy) is 1. The molecule has 0 spiro atoms. The number of para-hydroxylation sites is 1. The van der Waals surface area contributed by atoms with Crippen molar-refractivity contribution in [1.29, 1.82) is 0 Å².